The standard InChI is InChI=1S/C20H18O/c21-20-14-8-7-13-18(20)15-19(16-9-3-1-4-10-16)17-11-5-2-6-12-17/h1-14,19,21H,15H2. The smallest absolute Gasteiger partial charge is 0.118 e. The van der Waals surface area contributed by atoms with Crippen LogP contribution in [0.2, 0.25) is 0 Å². The van der Waals surface area contributed by atoms with Crippen LogP contribution in [0.25, 0.3) is 0 Å². The van der Waals surface area contributed by atoms with E-state index in [1.165, 1.54) is 11.1 Å². The highest BCUT2D eigenvalue weighted by atomic mass is 16.3. The monoisotopic (exact) mass is 274 g/mol. The summed E-state index contributed by atoms with van der Waals surface area (Å²) >= 11 is 0. The van der Waals surface area contributed by atoms with Gasteiger partial charge in [-0.3, -0.25) is 0 Å². The predicted molar refractivity (Wildman–Crippen MR) is 86.5 cm³/mol. The van der Waals surface area contributed by atoms with E-state index in [1.54, 1.807) is 6.07 Å². The van der Waals surface area contributed by atoms with Gasteiger partial charge in [0, 0.05) is 5.92 Å². The lowest BCUT2D eigenvalue weighted by atomic mass is 9.86. The van der Waals surface area contributed by atoms with E-state index in [4.69, 9.17) is 0 Å². The fourth-order valence-electron chi connectivity index (χ4n) is 2.70. The molecule has 0 aliphatic rings. The molecule has 0 amide bonds. The van der Waals surface area contributed by atoms with Crippen LogP contribution in [0, 0.1) is 0 Å². The molecule has 0 saturated heterocycles. The molecule has 0 fully saturated rings. The van der Waals surface area contributed by atoms with Crippen LogP contribution in [0.1, 0.15) is 22.6 Å². The average Bonchev–Trinajstić information content (AvgIpc) is 2.56. The van der Waals surface area contributed by atoms with E-state index < -0.39 is 0 Å². The van der Waals surface area contributed by atoms with Gasteiger partial charge in [-0.2, -0.15) is 0 Å². The van der Waals surface area contributed by atoms with Gasteiger partial charge in [-0.05, 0) is 29.2 Å². The SMILES string of the molecule is Oc1ccccc1CC(c1ccccc1)c1ccccc1. The van der Waals surface area contributed by atoms with Gasteiger partial charge < -0.3 is 5.11 Å². The molecule has 0 radical (unpaired) electrons. The van der Waals surface area contributed by atoms with Gasteiger partial charge in [0.05, 0.1) is 0 Å². The zero-order valence-electron chi connectivity index (χ0n) is 11.8. The summed E-state index contributed by atoms with van der Waals surface area (Å²) in [5.74, 6) is 0.620. The molecule has 21 heavy (non-hydrogen) atoms. The lowest BCUT2D eigenvalue weighted by Gasteiger charge is -2.19. The molecule has 1 heteroatoms. The van der Waals surface area contributed by atoms with Crippen LogP contribution in [-0.4, -0.2) is 5.11 Å². The van der Waals surface area contributed by atoms with Crippen LogP contribution in [0.3, 0.4) is 0 Å². The maximum Gasteiger partial charge on any atom is 0.118 e. The van der Waals surface area contributed by atoms with Crippen LogP contribution in [0.5, 0.6) is 5.75 Å². The molecule has 0 spiro atoms. The van der Waals surface area contributed by atoms with Gasteiger partial charge in [0.25, 0.3) is 0 Å². The number of benzene rings is 3. The third-order valence-corrected chi connectivity index (χ3v) is 3.82. The van der Waals surface area contributed by atoms with Crippen LogP contribution < -0.4 is 0 Å². The minimum atomic E-state index is 0.251. The summed E-state index contributed by atoms with van der Waals surface area (Å²) in [6.07, 6.45) is 0.792. The Hall–Kier alpha value is -2.54. The molecule has 0 heterocycles. The Morgan fingerprint density at radius 2 is 1.10 bits per heavy atom. The van der Waals surface area contributed by atoms with Crippen LogP contribution >= 0.6 is 0 Å². The minimum Gasteiger partial charge on any atom is -0.508 e. The third kappa shape index (κ3) is 3.14. The number of hydrogen-bond acceptors (Lipinski definition) is 1. The van der Waals surface area contributed by atoms with Crippen molar-refractivity contribution >= 4 is 0 Å². The van der Waals surface area contributed by atoms with Gasteiger partial charge in [-0.1, -0.05) is 78.9 Å². The quantitative estimate of drug-likeness (QED) is 0.726. The van der Waals surface area contributed by atoms with Crippen molar-refractivity contribution in [3.63, 3.8) is 0 Å². The Morgan fingerprint density at radius 3 is 1.62 bits per heavy atom. The molecule has 3 rings (SSSR count). The molecule has 3 aromatic carbocycles. The molecule has 1 nitrogen and oxygen atoms in total. The van der Waals surface area contributed by atoms with Crippen molar-refractivity contribution < 1.29 is 5.11 Å². The Balaban J connectivity index is 1.99. The summed E-state index contributed by atoms with van der Waals surface area (Å²) in [6, 6.07) is 28.5. The first-order chi connectivity index (χ1) is 10.3. The lowest BCUT2D eigenvalue weighted by molar-refractivity contribution is 0.466. The van der Waals surface area contributed by atoms with Crippen molar-refractivity contribution in [1.82, 2.24) is 0 Å². The molecule has 0 aliphatic carbocycles. The first-order valence-electron chi connectivity index (χ1n) is 7.21. The van der Waals surface area contributed by atoms with Crippen LogP contribution in [0.4, 0.5) is 0 Å². The molecule has 104 valence electrons. The van der Waals surface area contributed by atoms with Crippen LogP contribution in [-0.2, 0) is 6.42 Å². The van der Waals surface area contributed by atoms with E-state index in [1.807, 2.05) is 30.3 Å². The Morgan fingerprint density at radius 1 is 0.619 bits per heavy atom. The fraction of sp³-hybridized carbons (Fsp3) is 0.100. The largest absolute Gasteiger partial charge is 0.508 e. The minimum absolute atomic E-state index is 0.251. The maximum absolute atomic E-state index is 10.1. The second-order valence-corrected chi connectivity index (χ2v) is 5.21. The normalized spacial score (nSPS) is 10.7. The van der Waals surface area contributed by atoms with Crippen LogP contribution in [0.15, 0.2) is 84.9 Å². The molecule has 0 aliphatic heterocycles. The van der Waals surface area contributed by atoms with Crippen molar-refractivity contribution in [2.75, 3.05) is 0 Å². The van der Waals surface area contributed by atoms with Gasteiger partial charge >= 0.3 is 0 Å². The van der Waals surface area contributed by atoms with E-state index in [0.29, 0.717) is 5.75 Å². The van der Waals surface area contributed by atoms with Crippen molar-refractivity contribution in [3.8, 4) is 5.75 Å². The van der Waals surface area contributed by atoms with E-state index in [2.05, 4.69) is 48.5 Å². The summed E-state index contributed by atoms with van der Waals surface area (Å²) < 4.78 is 0. The summed E-state index contributed by atoms with van der Waals surface area (Å²) in [7, 11) is 0. The Bertz CT molecular complexity index is 650. The van der Waals surface area contributed by atoms with Gasteiger partial charge in [-0.25, -0.2) is 0 Å². The number of rotatable bonds is 4. The zero-order chi connectivity index (χ0) is 14.5. The molecule has 3 aromatic rings. The summed E-state index contributed by atoms with van der Waals surface area (Å²) in [5, 5.41) is 10.1. The second kappa shape index (κ2) is 6.27. The topological polar surface area (TPSA) is 20.2 Å². The fourth-order valence-corrected chi connectivity index (χ4v) is 2.70. The van der Waals surface area contributed by atoms with Gasteiger partial charge in [-0.15, -0.1) is 0 Å². The van der Waals surface area contributed by atoms with Gasteiger partial charge in [0.2, 0.25) is 0 Å². The first kappa shape index (κ1) is 13.4. The molecule has 0 atom stereocenters. The van der Waals surface area contributed by atoms with Crippen molar-refractivity contribution in [2.45, 2.75) is 12.3 Å². The van der Waals surface area contributed by atoms with Crippen molar-refractivity contribution in [3.05, 3.63) is 102 Å². The third-order valence-electron chi connectivity index (χ3n) is 3.82. The molecular weight excluding hydrogens is 256 g/mol. The highest BCUT2D eigenvalue weighted by Crippen LogP contribution is 2.31. The molecule has 1 N–H and O–H groups in total. The summed E-state index contributed by atoms with van der Waals surface area (Å²) in [5.41, 5.74) is 3.52. The maximum atomic E-state index is 10.1. The van der Waals surface area contributed by atoms with E-state index in [9.17, 15) is 5.11 Å². The highest BCUT2D eigenvalue weighted by molar-refractivity contribution is 5.39. The van der Waals surface area contributed by atoms with Crippen molar-refractivity contribution in [2.24, 2.45) is 0 Å². The summed E-state index contributed by atoms with van der Waals surface area (Å²) in [4.78, 5) is 0. The number of para-hydroxylation sites is 1. The number of aromatic hydroxyl groups is 1. The average molecular weight is 274 g/mol. The number of hydrogen-bond donors (Lipinski definition) is 1. The predicted octanol–water partition coefficient (Wildman–Crippen LogP) is 4.77. The molecule has 0 bridgehead atoms. The zero-order valence-corrected chi connectivity index (χ0v) is 11.8. The lowest BCUT2D eigenvalue weighted by Crippen LogP contribution is -2.05. The number of phenols is 1. The molecule has 0 aromatic heterocycles. The molecular formula is C20H18O. The van der Waals surface area contributed by atoms with E-state index >= 15 is 0 Å². The van der Waals surface area contributed by atoms with Crippen molar-refractivity contribution in [1.29, 1.82) is 0 Å². The summed E-state index contributed by atoms with van der Waals surface area (Å²) in [6.45, 7) is 0. The first-order valence-corrected chi connectivity index (χ1v) is 7.21. The Labute approximate surface area is 125 Å². The van der Waals surface area contributed by atoms with E-state index in [-0.39, 0.29) is 5.92 Å². The van der Waals surface area contributed by atoms with E-state index in [0.717, 1.165) is 12.0 Å². The van der Waals surface area contributed by atoms with Gasteiger partial charge in [0.1, 0.15) is 5.75 Å². The molecule has 0 unspecified atom stereocenters. The second-order valence-electron chi connectivity index (χ2n) is 5.21. The number of phenolic OH excluding ortho intramolecular Hbond substituents is 1. The Kier molecular flexibility index (Phi) is 4.02. The van der Waals surface area contributed by atoms with Gasteiger partial charge in [0.15, 0.2) is 0 Å². The molecule has 0 saturated carbocycles. The highest BCUT2D eigenvalue weighted by Gasteiger charge is 2.16.